The van der Waals surface area contributed by atoms with Crippen molar-refractivity contribution in [1.29, 1.82) is 0 Å². The molecule has 0 aromatic heterocycles. The fraction of sp³-hybridized carbons (Fsp3) is 0.769. The van der Waals surface area contributed by atoms with Gasteiger partial charge in [-0.25, -0.2) is 4.79 Å². The van der Waals surface area contributed by atoms with Gasteiger partial charge in [-0.2, -0.15) is 0 Å². The number of carbonyl (C=O) groups is 1. The largest absolute Gasteiger partial charge is 0.463 e. The van der Waals surface area contributed by atoms with E-state index in [-0.39, 0.29) is 12.6 Å². The van der Waals surface area contributed by atoms with Gasteiger partial charge in [-0.15, -0.1) is 0 Å². The Morgan fingerprint density at radius 2 is 1.94 bits per heavy atom. The first-order valence-corrected chi connectivity index (χ1v) is 6.24. The molecular weight excluding hydrogens is 220 g/mol. The maximum atomic E-state index is 11.5. The number of aliphatic hydroxyl groups is 2. The molecule has 1 atom stereocenters. The van der Waals surface area contributed by atoms with Crippen molar-refractivity contribution in [2.24, 2.45) is 0 Å². The average molecular weight is 244 g/mol. The summed E-state index contributed by atoms with van der Waals surface area (Å²) in [5, 5.41) is 18.7. The van der Waals surface area contributed by atoms with Crippen molar-refractivity contribution >= 4 is 5.97 Å². The number of hydrogen-bond donors (Lipinski definition) is 2. The summed E-state index contributed by atoms with van der Waals surface area (Å²) in [7, 11) is 0. The second kappa shape index (κ2) is 9.19. The van der Waals surface area contributed by atoms with Gasteiger partial charge in [0.05, 0.1) is 12.7 Å². The molecule has 0 aromatic carbocycles. The molecule has 1 unspecified atom stereocenters. The Kier molecular flexibility index (Phi) is 8.72. The number of esters is 1. The molecule has 0 radical (unpaired) electrons. The summed E-state index contributed by atoms with van der Waals surface area (Å²) in [6, 6.07) is 0. The highest BCUT2D eigenvalue weighted by atomic mass is 16.5. The molecule has 0 aliphatic carbocycles. The van der Waals surface area contributed by atoms with Gasteiger partial charge in [0.1, 0.15) is 0 Å². The van der Waals surface area contributed by atoms with Gasteiger partial charge >= 0.3 is 5.97 Å². The number of aliphatic hydroxyl groups excluding tert-OH is 2. The van der Waals surface area contributed by atoms with Crippen LogP contribution in [0.15, 0.2) is 11.1 Å². The Labute approximate surface area is 103 Å². The second-order valence-corrected chi connectivity index (χ2v) is 3.96. The zero-order chi connectivity index (χ0) is 13.3. The fourth-order valence-electron chi connectivity index (χ4n) is 1.74. The summed E-state index contributed by atoms with van der Waals surface area (Å²) in [5.41, 5.74) is 1.24. The lowest BCUT2D eigenvalue weighted by molar-refractivity contribution is -0.138. The number of rotatable bonds is 8. The van der Waals surface area contributed by atoms with Crippen LogP contribution in [0.3, 0.4) is 0 Å². The van der Waals surface area contributed by atoms with Crippen molar-refractivity contribution in [3.05, 3.63) is 11.1 Å². The van der Waals surface area contributed by atoms with Gasteiger partial charge < -0.3 is 14.9 Å². The zero-order valence-corrected chi connectivity index (χ0v) is 11.0. The molecule has 4 nitrogen and oxygen atoms in total. The van der Waals surface area contributed by atoms with Gasteiger partial charge in [0.25, 0.3) is 0 Å². The minimum absolute atomic E-state index is 0.134. The van der Waals surface area contributed by atoms with E-state index in [4.69, 9.17) is 9.84 Å². The minimum Gasteiger partial charge on any atom is -0.463 e. The average Bonchev–Trinajstić information content (AvgIpc) is 2.30. The topological polar surface area (TPSA) is 66.8 Å². The van der Waals surface area contributed by atoms with Gasteiger partial charge in [0, 0.05) is 12.2 Å². The van der Waals surface area contributed by atoms with Crippen molar-refractivity contribution in [1.82, 2.24) is 0 Å². The first-order valence-electron chi connectivity index (χ1n) is 6.24. The molecular formula is C13H24O4. The predicted octanol–water partition coefficient (Wildman–Crippen LogP) is 1.80. The van der Waals surface area contributed by atoms with E-state index in [1.54, 1.807) is 13.8 Å². The highest BCUT2D eigenvalue weighted by molar-refractivity contribution is 5.88. The number of hydrogen-bond acceptors (Lipinski definition) is 4. The maximum Gasteiger partial charge on any atom is 0.333 e. The minimum atomic E-state index is -0.615. The van der Waals surface area contributed by atoms with Gasteiger partial charge in [-0.3, -0.25) is 0 Å². The van der Waals surface area contributed by atoms with Crippen LogP contribution in [0, 0.1) is 0 Å². The molecule has 0 amide bonds. The molecule has 17 heavy (non-hydrogen) atoms. The van der Waals surface area contributed by atoms with Gasteiger partial charge in [0.15, 0.2) is 0 Å². The number of ether oxygens (including phenoxy) is 1. The van der Waals surface area contributed by atoms with E-state index in [0.29, 0.717) is 31.4 Å². The van der Waals surface area contributed by atoms with Crippen molar-refractivity contribution in [2.45, 2.75) is 52.6 Å². The summed E-state index contributed by atoms with van der Waals surface area (Å²) in [6.07, 6.45) is 2.01. The first kappa shape index (κ1) is 16.1. The van der Waals surface area contributed by atoms with E-state index in [0.717, 1.165) is 12.0 Å². The summed E-state index contributed by atoms with van der Waals surface area (Å²) < 4.78 is 4.91. The SMILES string of the molecule is CCOC(=O)C(C)=C(CC)C(O)CCCCO. The Balaban J connectivity index is 4.55. The van der Waals surface area contributed by atoms with E-state index in [1.807, 2.05) is 6.92 Å². The molecule has 0 fully saturated rings. The van der Waals surface area contributed by atoms with Gasteiger partial charge in [0.2, 0.25) is 0 Å². The van der Waals surface area contributed by atoms with Crippen LogP contribution in [-0.2, 0) is 9.53 Å². The van der Waals surface area contributed by atoms with Crippen molar-refractivity contribution in [2.75, 3.05) is 13.2 Å². The lowest BCUT2D eigenvalue weighted by atomic mass is 9.97. The quantitative estimate of drug-likeness (QED) is 0.388. The van der Waals surface area contributed by atoms with Crippen LogP contribution in [0.1, 0.15) is 46.5 Å². The van der Waals surface area contributed by atoms with Crippen LogP contribution >= 0.6 is 0 Å². The van der Waals surface area contributed by atoms with Gasteiger partial charge in [-0.05, 0) is 45.1 Å². The molecule has 0 heterocycles. The van der Waals surface area contributed by atoms with Crippen LogP contribution in [0.2, 0.25) is 0 Å². The molecule has 0 bridgehead atoms. The molecule has 0 aliphatic rings. The third kappa shape index (κ3) is 5.84. The van der Waals surface area contributed by atoms with Crippen LogP contribution in [0.4, 0.5) is 0 Å². The lowest BCUT2D eigenvalue weighted by Crippen LogP contribution is -2.16. The number of carbonyl (C=O) groups excluding carboxylic acids is 1. The monoisotopic (exact) mass is 244 g/mol. The van der Waals surface area contributed by atoms with E-state index >= 15 is 0 Å². The van der Waals surface area contributed by atoms with E-state index < -0.39 is 6.10 Å². The third-order valence-corrected chi connectivity index (χ3v) is 2.73. The Hall–Kier alpha value is -0.870. The molecule has 0 spiro atoms. The van der Waals surface area contributed by atoms with E-state index in [1.165, 1.54) is 0 Å². The smallest absolute Gasteiger partial charge is 0.333 e. The van der Waals surface area contributed by atoms with Crippen molar-refractivity contribution in [3.8, 4) is 0 Å². The Bertz CT molecular complexity index is 258. The Morgan fingerprint density at radius 1 is 1.29 bits per heavy atom. The van der Waals surface area contributed by atoms with E-state index in [2.05, 4.69) is 0 Å². The zero-order valence-electron chi connectivity index (χ0n) is 11.0. The molecule has 0 aromatic rings. The maximum absolute atomic E-state index is 11.5. The third-order valence-electron chi connectivity index (χ3n) is 2.73. The molecule has 0 saturated heterocycles. The summed E-state index contributed by atoms with van der Waals surface area (Å²) in [4.78, 5) is 11.5. The van der Waals surface area contributed by atoms with Crippen LogP contribution < -0.4 is 0 Å². The molecule has 4 heteroatoms. The summed E-state index contributed by atoms with van der Waals surface area (Å²) in [5.74, 6) is -0.356. The second-order valence-electron chi connectivity index (χ2n) is 3.96. The number of unbranched alkanes of at least 4 members (excludes halogenated alkanes) is 1. The lowest BCUT2D eigenvalue weighted by Gasteiger charge is -2.16. The molecule has 0 aliphatic heterocycles. The summed E-state index contributed by atoms with van der Waals surface area (Å²) in [6.45, 7) is 5.83. The van der Waals surface area contributed by atoms with Crippen molar-refractivity contribution in [3.63, 3.8) is 0 Å². The molecule has 2 N–H and O–H groups in total. The predicted molar refractivity (Wildman–Crippen MR) is 66.6 cm³/mol. The van der Waals surface area contributed by atoms with E-state index in [9.17, 15) is 9.90 Å². The van der Waals surface area contributed by atoms with Gasteiger partial charge in [-0.1, -0.05) is 6.92 Å². The molecule has 100 valence electrons. The summed E-state index contributed by atoms with van der Waals surface area (Å²) >= 11 is 0. The van der Waals surface area contributed by atoms with Crippen LogP contribution in [0.5, 0.6) is 0 Å². The van der Waals surface area contributed by atoms with Crippen LogP contribution in [0.25, 0.3) is 0 Å². The fourth-order valence-corrected chi connectivity index (χ4v) is 1.74. The Morgan fingerprint density at radius 3 is 2.41 bits per heavy atom. The first-order chi connectivity index (χ1) is 8.08. The molecule has 0 saturated carbocycles. The standard InChI is InChI=1S/C13H24O4/c1-4-11(10(3)13(16)17-5-2)12(15)8-6-7-9-14/h12,14-15H,4-9H2,1-3H3. The van der Waals surface area contributed by atoms with Crippen LogP contribution in [-0.4, -0.2) is 35.5 Å². The highest BCUT2D eigenvalue weighted by Gasteiger charge is 2.17. The van der Waals surface area contributed by atoms with Crippen molar-refractivity contribution < 1.29 is 19.7 Å². The highest BCUT2D eigenvalue weighted by Crippen LogP contribution is 2.18. The molecule has 0 rings (SSSR count). The normalized spacial score (nSPS) is 14.2.